The Labute approximate surface area is 150 Å². The molecule has 1 N–H and O–H groups in total. The number of hydrogen-bond donors (Lipinski definition) is 1. The van der Waals surface area contributed by atoms with E-state index in [1.165, 1.54) is 30.0 Å². The zero-order chi connectivity index (χ0) is 17.9. The highest BCUT2D eigenvalue weighted by Gasteiger charge is 2.15. The topological polar surface area (TPSA) is 46.9 Å². The van der Waals surface area contributed by atoms with Crippen LogP contribution in [-0.4, -0.2) is 21.2 Å². The van der Waals surface area contributed by atoms with E-state index in [9.17, 15) is 9.18 Å². The molecule has 7 heteroatoms. The van der Waals surface area contributed by atoms with Gasteiger partial charge in [0.05, 0.1) is 22.2 Å². The number of imidazole rings is 1. The van der Waals surface area contributed by atoms with Gasteiger partial charge in [0.2, 0.25) is 5.91 Å². The van der Waals surface area contributed by atoms with E-state index in [1.54, 1.807) is 0 Å². The van der Waals surface area contributed by atoms with Gasteiger partial charge >= 0.3 is 0 Å². The standard InChI is InChI=1S/C17H21ClFN3OS/c1-10(2)8-22-12(4)11(3)20-17(22)24-9-16(23)21-15-6-5-13(19)7-14(15)18/h5-7,10H,8-9H2,1-4H3,(H,21,23). The summed E-state index contributed by atoms with van der Waals surface area (Å²) in [6.07, 6.45) is 0. The van der Waals surface area contributed by atoms with Gasteiger partial charge in [0.25, 0.3) is 0 Å². The van der Waals surface area contributed by atoms with E-state index in [1.807, 2.05) is 13.8 Å². The normalized spacial score (nSPS) is 11.1. The summed E-state index contributed by atoms with van der Waals surface area (Å²) in [4.78, 5) is 16.7. The van der Waals surface area contributed by atoms with Crippen LogP contribution < -0.4 is 5.32 Å². The van der Waals surface area contributed by atoms with Gasteiger partial charge in [0, 0.05) is 12.2 Å². The Hall–Kier alpha value is -1.53. The molecule has 0 unspecified atom stereocenters. The fourth-order valence-corrected chi connectivity index (χ4v) is 3.34. The molecule has 1 heterocycles. The monoisotopic (exact) mass is 369 g/mol. The van der Waals surface area contributed by atoms with Gasteiger partial charge in [-0.1, -0.05) is 37.2 Å². The Balaban J connectivity index is 2.02. The number of aryl methyl sites for hydroxylation is 1. The van der Waals surface area contributed by atoms with E-state index in [0.717, 1.165) is 23.1 Å². The van der Waals surface area contributed by atoms with Gasteiger partial charge in [-0.05, 0) is 38.0 Å². The number of nitrogens with zero attached hydrogens (tertiary/aromatic N) is 2. The third-order valence-electron chi connectivity index (χ3n) is 3.51. The molecule has 0 atom stereocenters. The molecule has 130 valence electrons. The molecule has 0 fully saturated rings. The van der Waals surface area contributed by atoms with Gasteiger partial charge in [-0.25, -0.2) is 9.37 Å². The number of carbonyl (C=O) groups is 1. The number of benzene rings is 1. The van der Waals surface area contributed by atoms with Crippen molar-refractivity contribution in [1.82, 2.24) is 9.55 Å². The maximum Gasteiger partial charge on any atom is 0.234 e. The number of carbonyl (C=O) groups excluding carboxylic acids is 1. The van der Waals surface area contributed by atoms with Gasteiger partial charge in [0.1, 0.15) is 5.82 Å². The number of amides is 1. The van der Waals surface area contributed by atoms with E-state index < -0.39 is 5.82 Å². The maximum atomic E-state index is 13.0. The Kier molecular flexibility index (Phi) is 6.29. The highest BCUT2D eigenvalue weighted by atomic mass is 35.5. The van der Waals surface area contributed by atoms with E-state index >= 15 is 0 Å². The van der Waals surface area contributed by atoms with Crippen molar-refractivity contribution in [1.29, 1.82) is 0 Å². The van der Waals surface area contributed by atoms with Crippen LogP contribution in [0.1, 0.15) is 25.2 Å². The van der Waals surface area contributed by atoms with Crippen molar-refractivity contribution in [2.75, 3.05) is 11.1 Å². The minimum Gasteiger partial charge on any atom is -0.324 e. The first kappa shape index (κ1) is 18.8. The first-order chi connectivity index (χ1) is 11.3. The maximum absolute atomic E-state index is 13.0. The molecule has 0 bridgehead atoms. The number of rotatable bonds is 6. The van der Waals surface area contributed by atoms with Gasteiger partial charge in [-0.15, -0.1) is 0 Å². The number of nitrogens with one attached hydrogen (secondary N) is 1. The summed E-state index contributed by atoms with van der Waals surface area (Å²) in [5.41, 5.74) is 2.50. The van der Waals surface area contributed by atoms with Crippen molar-refractivity contribution in [2.45, 2.75) is 39.4 Å². The second-order valence-corrected chi connectivity index (χ2v) is 7.38. The fourth-order valence-electron chi connectivity index (χ4n) is 2.22. The highest BCUT2D eigenvalue weighted by molar-refractivity contribution is 7.99. The molecule has 0 saturated carbocycles. The third kappa shape index (κ3) is 4.74. The molecule has 0 aliphatic rings. The zero-order valence-electron chi connectivity index (χ0n) is 14.2. The van der Waals surface area contributed by atoms with Gasteiger partial charge in [-0.3, -0.25) is 4.79 Å². The molecule has 24 heavy (non-hydrogen) atoms. The molecule has 1 aromatic heterocycles. The Bertz CT molecular complexity index is 746. The smallest absolute Gasteiger partial charge is 0.234 e. The molecule has 0 aliphatic carbocycles. The molecule has 0 radical (unpaired) electrons. The van der Waals surface area contributed by atoms with E-state index in [2.05, 4.69) is 28.7 Å². The highest BCUT2D eigenvalue weighted by Crippen LogP contribution is 2.25. The van der Waals surface area contributed by atoms with Crippen molar-refractivity contribution in [3.63, 3.8) is 0 Å². The summed E-state index contributed by atoms with van der Waals surface area (Å²) >= 11 is 7.30. The van der Waals surface area contributed by atoms with E-state index in [-0.39, 0.29) is 16.7 Å². The second kappa shape index (κ2) is 8.03. The Morgan fingerprint density at radius 1 is 1.42 bits per heavy atom. The van der Waals surface area contributed by atoms with Crippen LogP contribution in [0, 0.1) is 25.6 Å². The summed E-state index contributed by atoms with van der Waals surface area (Å²) in [6, 6.07) is 3.89. The number of aromatic nitrogens is 2. The quantitative estimate of drug-likeness (QED) is 0.752. The number of halogens is 2. The summed E-state index contributed by atoms with van der Waals surface area (Å²) in [7, 11) is 0. The third-order valence-corrected chi connectivity index (χ3v) is 4.80. The number of thioether (sulfide) groups is 1. The summed E-state index contributed by atoms with van der Waals surface area (Å²) in [5, 5.41) is 3.71. The Morgan fingerprint density at radius 3 is 2.75 bits per heavy atom. The molecule has 1 amide bonds. The van der Waals surface area contributed by atoms with Crippen LogP contribution in [0.2, 0.25) is 5.02 Å². The van der Waals surface area contributed by atoms with Gasteiger partial charge in [0.15, 0.2) is 5.16 Å². The van der Waals surface area contributed by atoms with Crippen molar-refractivity contribution >= 4 is 35.0 Å². The zero-order valence-corrected chi connectivity index (χ0v) is 15.8. The minimum atomic E-state index is -0.436. The molecule has 2 rings (SSSR count). The summed E-state index contributed by atoms with van der Waals surface area (Å²) < 4.78 is 15.2. The largest absolute Gasteiger partial charge is 0.324 e. The molecular weight excluding hydrogens is 349 g/mol. The first-order valence-corrected chi connectivity index (χ1v) is 9.05. The predicted molar refractivity (Wildman–Crippen MR) is 97.3 cm³/mol. The van der Waals surface area contributed by atoms with Crippen LogP contribution in [0.25, 0.3) is 0 Å². The number of anilines is 1. The van der Waals surface area contributed by atoms with Crippen molar-refractivity contribution < 1.29 is 9.18 Å². The van der Waals surface area contributed by atoms with Crippen molar-refractivity contribution in [3.8, 4) is 0 Å². The van der Waals surface area contributed by atoms with Gasteiger partial charge in [-0.2, -0.15) is 0 Å². The first-order valence-electron chi connectivity index (χ1n) is 7.69. The lowest BCUT2D eigenvalue weighted by molar-refractivity contribution is -0.113. The molecule has 0 spiro atoms. The molecule has 0 saturated heterocycles. The predicted octanol–water partition coefficient (Wildman–Crippen LogP) is 4.68. The molecule has 0 aliphatic heterocycles. The molecule has 4 nitrogen and oxygen atoms in total. The lowest BCUT2D eigenvalue weighted by atomic mass is 10.2. The molecule has 2 aromatic rings. The van der Waals surface area contributed by atoms with E-state index in [0.29, 0.717) is 11.6 Å². The van der Waals surface area contributed by atoms with Crippen molar-refractivity contribution in [2.24, 2.45) is 5.92 Å². The average Bonchev–Trinajstić information content (AvgIpc) is 2.75. The second-order valence-electron chi connectivity index (χ2n) is 6.03. The van der Waals surface area contributed by atoms with E-state index in [4.69, 9.17) is 11.6 Å². The fraction of sp³-hybridized carbons (Fsp3) is 0.412. The van der Waals surface area contributed by atoms with Gasteiger partial charge < -0.3 is 9.88 Å². The minimum absolute atomic E-state index is 0.182. The van der Waals surface area contributed by atoms with Crippen molar-refractivity contribution in [3.05, 3.63) is 40.4 Å². The van der Waals surface area contributed by atoms with Crippen LogP contribution in [-0.2, 0) is 11.3 Å². The molecular formula is C17H21ClFN3OS. The van der Waals surface area contributed by atoms with Crippen LogP contribution in [0.3, 0.4) is 0 Å². The SMILES string of the molecule is Cc1nc(SCC(=O)Nc2ccc(F)cc2Cl)n(CC(C)C)c1C. The lowest BCUT2D eigenvalue weighted by Crippen LogP contribution is -2.15. The van der Waals surface area contributed by atoms with Crippen LogP contribution in [0.5, 0.6) is 0 Å². The van der Waals surface area contributed by atoms with Crippen LogP contribution in [0.4, 0.5) is 10.1 Å². The molecule has 1 aromatic carbocycles. The lowest BCUT2D eigenvalue weighted by Gasteiger charge is -2.12. The summed E-state index contributed by atoms with van der Waals surface area (Å²) in [5.74, 6) is 0.0576. The van der Waals surface area contributed by atoms with Crippen LogP contribution >= 0.6 is 23.4 Å². The Morgan fingerprint density at radius 2 is 2.12 bits per heavy atom. The average molecular weight is 370 g/mol. The number of hydrogen-bond acceptors (Lipinski definition) is 3. The van der Waals surface area contributed by atoms with Crippen LogP contribution in [0.15, 0.2) is 23.4 Å². The summed E-state index contributed by atoms with van der Waals surface area (Å²) in [6.45, 7) is 9.15.